The maximum Gasteiger partial charge on any atom is 0.294 e. The Morgan fingerprint density at radius 1 is 0.629 bits per heavy atom. The number of thiazole rings is 2. The summed E-state index contributed by atoms with van der Waals surface area (Å²) < 4.78 is 80.3. The fourth-order valence-corrected chi connectivity index (χ4v) is 11.3. The molecule has 7 aromatic rings. The fourth-order valence-electron chi connectivity index (χ4n) is 7.37. The molecule has 70 heavy (non-hydrogen) atoms. The number of aromatic nitrogens is 5. The van der Waals surface area contributed by atoms with Crippen molar-refractivity contribution in [2.24, 2.45) is 20.5 Å². The van der Waals surface area contributed by atoms with Crippen LogP contribution in [-0.2, 0) is 20.2 Å². The van der Waals surface area contributed by atoms with Gasteiger partial charge in [-0.05, 0) is 89.1 Å². The Morgan fingerprint density at radius 3 is 1.40 bits per heavy atom. The minimum absolute atomic E-state index is 0.0909. The SMILES string of the molecule is CCN(CC)c1cc(Nc2nc(Nc3cc(N(CC)CC)c(OC)cc3/N=N/c3nc4ccc(S(=O)(=O)O)c(C)c4s3)nc(SCCO)n2)c(/N=N/c2nc3ccc(S(=O)(=O)O)c(C)c3s2)cc1OC. The van der Waals surface area contributed by atoms with Gasteiger partial charge < -0.3 is 35.0 Å². The van der Waals surface area contributed by atoms with Crippen molar-refractivity contribution in [3.05, 3.63) is 59.7 Å². The lowest BCUT2D eigenvalue weighted by Crippen LogP contribution is -2.22. The third-order valence-electron chi connectivity index (χ3n) is 10.8. The van der Waals surface area contributed by atoms with Crippen molar-refractivity contribution in [1.29, 1.82) is 0 Å². The van der Waals surface area contributed by atoms with Crippen LogP contribution in [0.4, 0.5) is 56.3 Å². The van der Waals surface area contributed by atoms with Gasteiger partial charge in [-0.15, -0.1) is 20.5 Å². The number of methoxy groups -OCH3 is 2. The average Bonchev–Trinajstić information content (AvgIpc) is 3.95. The summed E-state index contributed by atoms with van der Waals surface area (Å²) in [5, 5.41) is 35.2. The number of anilines is 6. The fraction of sp³-hybridized carbons (Fsp3) is 0.326. The summed E-state index contributed by atoms with van der Waals surface area (Å²) in [6.07, 6.45) is 0. The second-order valence-corrected chi connectivity index (χ2v) is 20.7. The predicted molar refractivity (Wildman–Crippen MR) is 274 cm³/mol. The molecule has 0 aliphatic rings. The third-order valence-corrected chi connectivity index (χ3v) is 15.7. The highest BCUT2D eigenvalue weighted by molar-refractivity contribution is 7.99. The number of ether oxygens (including phenoxy) is 2. The number of hydrogen-bond donors (Lipinski definition) is 5. The molecule has 3 aromatic heterocycles. The van der Waals surface area contributed by atoms with E-state index in [0.717, 1.165) is 34.0 Å². The standard InChI is InChI=1S/C43H49N13O9S5/c1-9-55(10-2)31-19-27(29(21-33(31)64-7)51-53-42-46-25-13-15-35(69(58,59)60)23(5)37(25)67-42)44-39-48-40(50-41(49-39)66-18-17-57)45-28-20-32(56(11-3)12-4)34(65-8)22-30(28)52-54-43-47-26-14-16-36(70(61,62)63)24(6)38(26)68-43/h13-16,19-22,57H,9-12,17-18H2,1-8H3,(H,58,59,60)(H,61,62,63)(H2,44,45,48,49,50)/b53-51+,54-52+. The second-order valence-electron chi connectivity index (χ2n) is 14.9. The number of rotatable bonds is 21. The number of aryl methyl sites for hydroxylation is 2. The molecule has 370 valence electrons. The van der Waals surface area contributed by atoms with Crippen molar-refractivity contribution in [3.8, 4) is 11.5 Å². The number of aliphatic hydroxyl groups excluding tert-OH is 1. The van der Waals surface area contributed by atoms with E-state index in [1.165, 1.54) is 36.0 Å². The molecule has 0 saturated carbocycles. The van der Waals surface area contributed by atoms with E-state index >= 15 is 0 Å². The molecule has 5 N–H and O–H groups in total. The molecule has 0 atom stereocenters. The van der Waals surface area contributed by atoms with Crippen LogP contribution in [0.1, 0.15) is 38.8 Å². The number of azo groups is 2. The number of fused-ring (bicyclic) bond motifs is 2. The van der Waals surface area contributed by atoms with Crippen molar-refractivity contribution in [2.45, 2.75) is 56.5 Å². The van der Waals surface area contributed by atoms with Gasteiger partial charge in [-0.1, -0.05) is 34.4 Å². The zero-order valence-electron chi connectivity index (χ0n) is 39.1. The third kappa shape index (κ3) is 11.4. The van der Waals surface area contributed by atoms with Gasteiger partial charge in [0.1, 0.15) is 22.9 Å². The maximum atomic E-state index is 12.0. The molecule has 3 heterocycles. The largest absolute Gasteiger partial charge is 0.494 e. The highest BCUT2D eigenvalue weighted by atomic mass is 32.2. The zero-order chi connectivity index (χ0) is 50.5. The van der Waals surface area contributed by atoms with E-state index in [4.69, 9.17) is 14.5 Å². The first-order chi connectivity index (χ1) is 33.4. The second kappa shape index (κ2) is 21.8. The van der Waals surface area contributed by atoms with Crippen LogP contribution in [0.25, 0.3) is 20.4 Å². The van der Waals surface area contributed by atoms with Crippen LogP contribution >= 0.6 is 34.4 Å². The zero-order valence-corrected chi connectivity index (χ0v) is 43.2. The molecule has 0 unspecified atom stereocenters. The summed E-state index contributed by atoms with van der Waals surface area (Å²) in [5.74, 6) is 1.47. The van der Waals surface area contributed by atoms with Gasteiger partial charge in [0.2, 0.25) is 22.2 Å². The van der Waals surface area contributed by atoms with Crippen LogP contribution in [0.15, 0.2) is 83.9 Å². The summed E-state index contributed by atoms with van der Waals surface area (Å²) in [4.78, 5) is 27.0. The van der Waals surface area contributed by atoms with Crippen molar-refractivity contribution in [2.75, 3.05) is 73.2 Å². The van der Waals surface area contributed by atoms with E-state index in [0.29, 0.717) is 92.0 Å². The number of hydrogen-bond acceptors (Lipinski definition) is 23. The molecule has 0 amide bonds. The molecular formula is C43H49N13O9S5. The summed E-state index contributed by atoms with van der Waals surface area (Å²) in [5.41, 5.74) is 4.55. The lowest BCUT2D eigenvalue weighted by Gasteiger charge is -2.25. The summed E-state index contributed by atoms with van der Waals surface area (Å²) in [6, 6.07) is 12.7. The minimum Gasteiger partial charge on any atom is -0.494 e. The monoisotopic (exact) mass is 1050 g/mol. The number of nitrogens with one attached hydrogen (secondary N) is 2. The molecule has 0 radical (unpaired) electrons. The van der Waals surface area contributed by atoms with Gasteiger partial charge in [0, 0.05) is 44.1 Å². The number of nitrogens with zero attached hydrogens (tertiary/aromatic N) is 11. The van der Waals surface area contributed by atoms with Gasteiger partial charge in [0.05, 0.1) is 73.8 Å². The van der Waals surface area contributed by atoms with Crippen molar-refractivity contribution in [3.63, 3.8) is 0 Å². The summed E-state index contributed by atoms with van der Waals surface area (Å²) in [7, 11) is -5.84. The Bertz CT molecular complexity index is 3150. The van der Waals surface area contributed by atoms with Crippen LogP contribution in [0, 0.1) is 13.8 Å². The first-order valence-corrected chi connectivity index (χ1v) is 27.0. The number of thioether (sulfide) groups is 1. The summed E-state index contributed by atoms with van der Waals surface area (Å²) >= 11 is 3.41. The Kier molecular flexibility index (Phi) is 16.1. The molecule has 0 bridgehead atoms. The van der Waals surface area contributed by atoms with Crippen molar-refractivity contribution in [1.82, 2.24) is 24.9 Å². The molecule has 0 saturated heterocycles. The molecule has 0 spiro atoms. The van der Waals surface area contributed by atoms with E-state index in [2.05, 4.69) is 60.8 Å². The average molecular weight is 1050 g/mol. The highest BCUT2D eigenvalue weighted by Gasteiger charge is 2.22. The summed E-state index contributed by atoms with van der Waals surface area (Å²) in [6.45, 7) is 13.7. The number of benzene rings is 4. The van der Waals surface area contributed by atoms with Gasteiger partial charge in [0.25, 0.3) is 20.2 Å². The topological polar surface area (TPSA) is 292 Å². The lowest BCUT2D eigenvalue weighted by atomic mass is 10.2. The Balaban J connectivity index is 1.32. The van der Waals surface area contributed by atoms with Crippen LogP contribution < -0.4 is 29.9 Å². The Labute approximate surface area is 415 Å². The first kappa shape index (κ1) is 51.6. The minimum atomic E-state index is -4.47. The van der Waals surface area contributed by atoms with Crippen LogP contribution in [0.5, 0.6) is 11.5 Å². The van der Waals surface area contributed by atoms with Gasteiger partial charge in [-0.3, -0.25) is 9.11 Å². The Hall–Kier alpha value is -6.20. The molecular weight excluding hydrogens is 1000 g/mol. The maximum absolute atomic E-state index is 12.0. The smallest absolute Gasteiger partial charge is 0.294 e. The van der Waals surface area contributed by atoms with Gasteiger partial charge >= 0.3 is 0 Å². The van der Waals surface area contributed by atoms with Crippen LogP contribution in [0.2, 0.25) is 0 Å². The van der Waals surface area contributed by atoms with Gasteiger partial charge in [-0.2, -0.15) is 31.8 Å². The first-order valence-electron chi connectivity index (χ1n) is 21.5. The normalized spacial score (nSPS) is 12.2. The molecule has 27 heteroatoms. The molecule has 0 fully saturated rings. The molecule has 0 aliphatic heterocycles. The Morgan fingerprint density at radius 2 is 1.04 bits per heavy atom. The van der Waals surface area contributed by atoms with Crippen molar-refractivity contribution >= 4 is 131 Å². The van der Waals surface area contributed by atoms with Gasteiger partial charge in [0.15, 0.2) is 5.16 Å². The molecule has 7 rings (SSSR count). The van der Waals surface area contributed by atoms with Crippen LogP contribution in [-0.4, -0.2) is 109 Å². The van der Waals surface area contributed by atoms with Gasteiger partial charge in [-0.25, -0.2) is 9.97 Å². The lowest BCUT2D eigenvalue weighted by molar-refractivity contribution is 0.322. The van der Waals surface area contributed by atoms with E-state index in [9.17, 15) is 31.0 Å². The molecule has 0 aliphatic carbocycles. The highest BCUT2D eigenvalue weighted by Crippen LogP contribution is 2.44. The van der Waals surface area contributed by atoms with E-state index in [1.807, 2.05) is 39.8 Å². The number of aliphatic hydroxyl groups is 1. The van der Waals surface area contributed by atoms with Crippen LogP contribution in [0.3, 0.4) is 0 Å². The van der Waals surface area contributed by atoms with E-state index in [-0.39, 0.29) is 49.5 Å². The van der Waals surface area contributed by atoms with E-state index in [1.54, 1.807) is 40.2 Å². The molecule has 4 aromatic carbocycles. The molecule has 22 nitrogen and oxygen atoms in total. The quantitative estimate of drug-likeness (QED) is 0.0254. The predicted octanol–water partition coefficient (Wildman–Crippen LogP) is 10.3. The van der Waals surface area contributed by atoms with E-state index < -0.39 is 20.2 Å². The van der Waals surface area contributed by atoms with Crippen molar-refractivity contribution < 1.29 is 40.5 Å².